The lowest BCUT2D eigenvalue weighted by Crippen LogP contribution is -2.21. The molecule has 1 fully saturated rings. The highest BCUT2D eigenvalue weighted by Crippen LogP contribution is 2.30. The Hall–Kier alpha value is -2.14. The molecule has 0 aromatic heterocycles. The molecule has 0 spiro atoms. The van der Waals surface area contributed by atoms with E-state index in [2.05, 4.69) is 10.2 Å². The molecular weight excluding hydrogens is 322 g/mol. The van der Waals surface area contributed by atoms with Gasteiger partial charge in [-0.3, -0.25) is 4.79 Å². The molecule has 0 radical (unpaired) electrons. The Morgan fingerprint density at radius 1 is 1.09 bits per heavy atom. The zero-order chi connectivity index (χ0) is 16.4. The molecule has 1 heterocycles. The fraction of sp³-hybridized carbons (Fsp3) is 0.235. The van der Waals surface area contributed by atoms with Crippen LogP contribution < -0.4 is 10.2 Å². The van der Waals surface area contributed by atoms with Crippen LogP contribution in [0.2, 0.25) is 5.02 Å². The summed E-state index contributed by atoms with van der Waals surface area (Å²) in [7, 11) is 0. The van der Waals surface area contributed by atoms with Gasteiger partial charge in [0.15, 0.2) is 11.6 Å². The lowest BCUT2D eigenvalue weighted by molar-refractivity contribution is 0.102. The predicted molar refractivity (Wildman–Crippen MR) is 87.2 cm³/mol. The first kappa shape index (κ1) is 15.7. The van der Waals surface area contributed by atoms with E-state index in [-0.39, 0.29) is 10.6 Å². The minimum absolute atomic E-state index is 0.0956. The van der Waals surface area contributed by atoms with Crippen LogP contribution in [0.4, 0.5) is 20.2 Å². The van der Waals surface area contributed by atoms with Crippen LogP contribution in [0.1, 0.15) is 23.2 Å². The van der Waals surface area contributed by atoms with Crippen molar-refractivity contribution in [1.29, 1.82) is 0 Å². The number of carbonyl (C=O) groups is 1. The van der Waals surface area contributed by atoms with Crippen LogP contribution in [0.5, 0.6) is 0 Å². The summed E-state index contributed by atoms with van der Waals surface area (Å²) in [5.74, 6) is -2.75. The summed E-state index contributed by atoms with van der Waals surface area (Å²) < 4.78 is 26.5. The average molecular weight is 337 g/mol. The van der Waals surface area contributed by atoms with E-state index in [4.69, 9.17) is 11.6 Å². The Balaban J connectivity index is 1.88. The van der Waals surface area contributed by atoms with Crippen molar-refractivity contribution in [2.24, 2.45) is 0 Å². The molecule has 23 heavy (non-hydrogen) atoms. The second-order valence-corrected chi connectivity index (χ2v) is 5.82. The molecule has 1 saturated heterocycles. The van der Waals surface area contributed by atoms with Crippen LogP contribution in [0.15, 0.2) is 36.4 Å². The van der Waals surface area contributed by atoms with E-state index in [0.29, 0.717) is 5.69 Å². The highest BCUT2D eigenvalue weighted by Gasteiger charge is 2.19. The number of hydrogen-bond donors (Lipinski definition) is 1. The third-order valence-corrected chi connectivity index (χ3v) is 4.17. The van der Waals surface area contributed by atoms with Gasteiger partial charge in [0.2, 0.25) is 0 Å². The van der Waals surface area contributed by atoms with Gasteiger partial charge in [0.25, 0.3) is 5.91 Å². The molecule has 0 saturated carbocycles. The summed E-state index contributed by atoms with van der Waals surface area (Å²) in [5.41, 5.74) is 1.44. The summed E-state index contributed by atoms with van der Waals surface area (Å²) in [6.07, 6.45) is 2.22. The lowest BCUT2D eigenvalue weighted by atomic mass is 10.1. The number of nitrogens with one attached hydrogen (secondary N) is 1. The summed E-state index contributed by atoms with van der Waals surface area (Å²) >= 11 is 5.85. The smallest absolute Gasteiger partial charge is 0.257 e. The van der Waals surface area contributed by atoms with Crippen LogP contribution in [0.3, 0.4) is 0 Å². The number of carbonyl (C=O) groups excluding carboxylic acids is 1. The van der Waals surface area contributed by atoms with E-state index in [9.17, 15) is 13.6 Å². The molecule has 0 atom stereocenters. The summed E-state index contributed by atoms with van der Waals surface area (Å²) in [5, 5.41) is 2.61. The maximum Gasteiger partial charge on any atom is 0.257 e. The molecule has 6 heteroatoms. The zero-order valence-electron chi connectivity index (χ0n) is 12.3. The SMILES string of the molecule is O=C(Nc1ccccc1N1CCCC1)c1cc(F)c(F)cc1Cl. The number of nitrogens with zero attached hydrogens (tertiary/aromatic N) is 1. The van der Waals surface area contributed by atoms with E-state index >= 15 is 0 Å². The van der Waals surface area contributed by atoms with Crippen LogP contribution in [-0.2, 0) is 0 Å². The maximum atomic E-state index is 13.4. The Bertz CT molecular complexity index is 745. The molecule has 1 amide bonds. The number of rotatable bonds is 3. The van der Waals surface area contributed by atoms with Gasteiger partial charge in [-0.1, -0.05) is 23.7 Å². The topological polar surface area (TPSA) is 32.3 Å². The van der Waals surface area contributed by atoms with Crippen LogP contribution in [0.25, 0.3) is 0 Å². The Kier molecular flexibility index (Phi) is 4.48. The van der Waals surface area contributed by atoms with Gasteiger partial charge >= 0.3 is 0 Å². The summed E-state index contributed by atoms with van der Waals surface area (Å²) in [4.78, 5) is 14.5. The van der Waals surface area contributed by atoms with Gasteiger partial charge in [-0.15, -0.1) is 0 Å². The van der Waals surface area contributed by atoms with E-state index in [0.717, 1.165) is 43.8 Å². The van der Waals surface area contributed by atoms with E-state index < -0.39 is 17.5 Å². The first-order valence-corrected chi connectivity index (χ1v) is 7.74. The summed E-state index contributed by atoms with van der Waals surface area (Å²) in [6.45, 7) is 1.86. The quantitative estimate of drug-likeness (QED) is 0.839. The van der Waals surface area contributed by atoms with Gasteiger partial charge in [-0.25, -0.2) is 8.78 Å². The van der Waals surface area contributed by atoms with Gasteiger partial charge < -0.3 is 10.2 Å². The van der Waals surface area contributed by atoms with Crippen molar-refractivity contribution >= 4 is 28.9 Å². The fourth-order valence-electron chi connectivity index (χ4n) is 2.70. The highest BCUT2D eigenvalue weighted by molar-refractivity contribution is 6.34. The maximum absolute atomic E-state index is 13.4. The molecule has 0 aliphatic carbocycles. The van der Waals surface area contributed by atoms with Crippen molar-refractivity contribution in [2.75, 3.05) is 23.3 Å². The highest BCUT2D eigenvalue weighted by atomic mass is 35.5. The van der Waals surface area contributed by atoms with Crippen LogP contribution in [-0.4, -0.2) is 19.0 Å². The number of halogens is 3. The molecule has 1 aliphatic heterocycles. The van der Waals surface area contributed by atoms with Gasteiger partial charge in [-0.05, 0) is 37.1 Å². The first-order chi connectivity index (χ1) is 11.1. The van der Waals surface area contributed by atoms with Crippen molar-refractivity contribution in [3.05, 3.63) is 58.6 Å². The summed E-state index contributed by atoms with van der Waals surface area (Å²) in [6, 6.07) is 9.02. The van der Waals surface area contributed by atoms with Crippen molar-refractivity contribution in [3.8, 4) is 0 Å². The Labute approximate surface area is 137 Å². The van der Waals surface area contributed by atoms with Crippen molar-refractivity contribution < 1.29 is 13.6 Å². The van der Waals surface area contributed by atoms with Crippen LogP contribution >= 0.6 is 11.6 Å². The number of hydrogen-bond acceptors (Lipinski definition) is 2. The Morgan fingerprint density at radius 2 is 1.74 bits per heavy atom. The average Bonchev–Trinajstić information content (AvgIpc) is 3.05. The molecule has 0 bridgehead atoms. The number of para-hydroxylation sites is 2. The normalized spacial score (nSPS) is 14.1. The monoisotopic (exact) mass is 336 g/mol. The molecule has 2 aromatic carbocycles. The van der Waals surface area contributed by atoms with Crippen molar-refractivity contribution in [1.82, 2.24) is 0 Å². The number of amides is 1. The zero-order valence-corrected chi connectivity index (χ0v) is 13.0. The lowest BCUT2D eigenvalue weighted by Gasteiger charge is -2.21. The third-order valence-electron chi connectivity index (χ3n) is 3.85. The van der Waals surface area contributed by atoms with Crippen LogP contribution in [0, 0.1) is 11.6 Å². The van der Waals surface area contributed by atoms with Gasteiger partial charge in [0.05, 0.1) is 22.0 Å². The standard InChI is InChI=1S/C17H15ClF2N2O/c18-12-10-14(20)13(19)9-11(12)17(23)21-15-5-1-2-6-16(15)22-7-3-4-8-22/h1-2,5-6,9-10H,3-4,7-8H2,(H,21,23). The number of benzene rings is 2. The minimum atomic E-state index is -1.10. The van der Waals surface area contributed by atoms with Crippen molar-refractivity contribution in [2.45, 2.75) is 12.8 Å². The fourth-order valence-corrected chi connectivity index (χ4v) is 2.94. The first-order valence-electron chi connectivity index (χ1n) is 7.36. The van der Waals surface area contributed by atoms with Gasteiger partial charge in [-0.2, -0.15) is 0 Å². The minimum Gasteiger partial charge on any atom is -0.370 e. The van der Waals surface area contributed by atoms with E-state index in [1.165, 1.54) is 0 Å². The molecule has 1 N–H and O–H groups in total. The third kappa shape index (κ3) is 3.29. The molecule has 120 valence electrons. The largest absolute Gasteiger partial charge is 0.370 e. The van der Waals surface area contributed by atoms with E-state index in [1.807, 2.05) is 18.2 Å². The second-order valence-electron chi connectivity index (χ2n) is 5.41. The van der Waals surface area contributed by atoms with Gasteiger partial charge in [0, 0.05) is 13.1 Å². The van der Waals surface area contributed by atoms with E-state index in [1.54, 1.807) is 6.07 Å². The van der Waals surface area contributed by atoms with Crippen molar-refractivity contribution in [3.63, 3.8) is 0 Å². The molecule has 2 aromatic rings. The molecule has 3 rings (SSSR count). The van der Waals surface area contributed by atoms with Gasteiger partial charge in [0.1, 0.15) is 0 Å². The Morgan fingerprint density at radius 3 is 2.48 bits per heavy atom. The predicted octanol–water partition coefficient (Wildman–Crippen LogP) is 4.47. The molecule has 3 nitrogen and oxygen atoms in total. The number of anilines is 2. The molecular formula is C17H15ClF2N2O. The molecule has 0 unspecified atom stereocenters. The molecule has 1 aliphatic rings. The second kappa shape index (κ2) is 6.54.